The van der Waals surface area contributed by atoms with Crippen molar-refractivity contribution in [3.05, 3.63) is 29.3 Å². The molecule has 0 spiro atoms. The Bertz CT molecular complexity index is 528. The zero-order valence-electron chi connectivity index (χ0n) is 11.8. The molecule has 1 atom stereocenters. The molecule has 0 aromatic heterocycles. The van der Waals surface area contributed by atoms with Gasteiger partial charge in [0, 0.05) is 43.7 Å². The maximum atomic E-state index is 11.4. The Labute approximate surface area is 118 Å². The zero-order chi connectivity index (χ0) is 14.7. The second-order valence-electron chi connectivity index (χ2n) is 5.32. The van der Waals surface area contributed by atoms with Crippen molar-refractivity contribution in [1.29, 1.82) is 0 Å². The van der Waals surface area contributed by atoms with Crippen molar-refractivity contribution in [2.75, 3.05) is 13.1 Å². The number of rotatable bonds is 4. The topological polar surface area (TPSA) is 69.6 Å². The molecule has 2 N–H and O–H groups in total. The Morgan fingerprint density at radius 1 is 1.40 bits per heavy atom. The van der Waals surface area contributed by atoms with Crippen molar-refractivity contribution < 1.29 is 14.7 Å². The van der Waals surface area contributed by atoms with Gasteiger partial charge < -0.3 is 10.4 Å². The molecule has 1 unspecified atom stereocenters. The predicted molar refractivity (Wildman–Crippen MR) is 75.6 cm³/mol. The molecule has 1 aromatic rings. The van der Waals surface area contributed by atoms with Crippen LogP contribution in [0, 0.1) is 0 Å². The molecular formula is C15H20N2O3. The summed E-state index contributed by atoms with van der Waals surface area (Å²) >= 11 is 0. The molecule has 1 heterocycles. The quantitative estimate of drug-likeness (QED) is 0.813. The van der Waals surface area contributed by atoms with Gasteiger partial charge >= 0.3 is 0 Å². The first-order valence-corrected chi connectivity index (χ1v) is 6.78. The molecule has 108 valence electrons. The lowest BCUT2D eigenvalue weighted by Gasteiger charge is -2.17. The average molecular weight is 276 g/mol. The van der Waals surface area contributed by atoms with Crippen LogP contribution in [0.5, 0.6) is 5.75 Å². The molecular weight excluding hydrogens is 256 g/mol. The van der Waals surface area contributed by atoms with Crippen LogP contribution in [-0.4, -0.2) is 40.8 Å². The Balaban J connectivity index is 2.02. The van der Waals surface area contributed by atoms with Crippen LogP contribution in [0.1, 0.15) is 36.2 Å². The second kappa shape index (κ2) is 6.05. The Hall–Kier alpha value is -1.88. The van der Waals surface area contributed by atoms with Crippen LogP contribution < -0.4 is 5.32 Å². The highest BCUT2D eigenvalue weighted by atomic mass is 16.3. The van der Waals surface area contributed by atoms with Crippen molar-refractivity contribution >= 4 is 11.7 Å². The van der Waals surface area contributed by atoms with Crippen LogP contribution in [0.25, 0.3) is 0 Å². The van der Waals surface area contributed by atoms with Gasteiger partial charge in [0.05, 0.1) is 0 Å². The number of carbonyl (C=O) groups is 2. The van der Waals surface area contributed by atoms with Gasteiger partial charge in [0.15, 0.2) is 5.78 Å². The summed E-state index contributed by atoms with van der Waals surface area (Å²) in [5.41, 5.74) is 1.36. The molecule has 1 aromatic carbocycles. The molecule has 0 saturated carbocycles. The SMILES string of the molecule is CC(=O)NC1CCN(Cc2cc(C(C)=O)ccc2O)C1. The fourth-order valence-electron chi connectivity index (χ4n) is 2.55. The van der Waals surface area contributed by atoms with Crippen LogP contribution in [0.15, 0.2) is 18.2 Å². The summed E-state index contributed by atoms with van der Waals surface area (Å²) < 4.78 is 0. The van der Waals surface area contributed by atoms with Crippen molar-refractivity contribution in [1.82, 2.24) is 10.2 Å². The number of phenols is 1. The highest BCUT2D eigenvalue weighted by Crippen LogP contribution is 2.22. The molecule has 0 bridgehead atoms. The lowest BCUT2D eigenvalue weighted by atomic mass is 10.1. The minimum Gasteiger partial charge on any atom is -0.508 e. The van der Waals surface area contributed by atoms with Gasteiger partial charge in [-0.2, -0.15) is 0 Å². The Kier molecular flexibility index (Phi) is 4.39. The molecule has 2 rings (SSSR count). The minimum absolute atomic E-state index is 0.0104. The van der Waals surface area contributed by atoms with Gasteiger partial charge in [0.2, 0.25) is 5.91 Å². The smallest absolute Gasteiger partial charge is 0.217 e. The number of nitrogens with zero attached hydrogens (tertiary/aromatic N) is 1. The van der Waals surface area contributed by atoms with Gasteiger partial charge in [-0.1, -0.05) is 0 Å². The number of ketones is 1. The van der Waals surface area contributed by atoms with E-state index in [9.17, 15) is 14.7 Å². The molecule has 20 heavy (non-hydrogen) atoms. The maximum Gasteiger partial charge on any atom is 0.217 e. The monoisotopic (exact) mass is 276 g/mol. The largest absolute Gasteiger partial charge is 0.508 e. The van der Waals surface area contributed by atoms with Crippen molar-refractivity contribution in [2.24, 2.45) is 0 Å². The normalized spacial score (nSPS) is 19.0. The van der Waals surface area contributed by atoms with E-state index in [1.54, 1.807) is 18.2 Å². The molecule has 0 aliphatic carbocycles. The van der Waals surface area contributed by atoms with Gasteiger partial charge in [-0.05, 0) is 31.5 Å². The second-order valence-corrected chi connectivity index (χ2v) is 5.32. The van der Waals surface area contributed by atoms with E-state index in [1.807, 2.05) is 0 Å². The number of hydrogen-bond donors (Lipinski definition) is 2. The minimum atomic E-state index is -0.0155. The summed E-state index contributed by atoms with van der Waals surface area (Å²) in [5.74, 6) is 0.181. The van der Waals surface area contributed by atoms with E-state index < -0.39 is 0 Å². The Morgan fingerprint density at radius 3 is 2.80 bits per heavy atom. The van der Waals surface area contributed by atoms with Crippen LogP contribution in [0.4, 0.5) is 0 Å². The van der Waals surface area contributed by atoms with E-state index in [0.29, 0.717) is 12.1 Å². The Morgan fingerprint density at radius 2 is 2.15 bits per heavy atom. The fourth-order valence-corrected chi connectivity index (χ4v) is 2.55. The van der Waals surface area contributed by atoms with Crippen LogP contribution in [-0.2, 0) is 11.3 Å². The third-order valence-electron chi connectivity index (χ3n) is 3.56. The lowest BCUT2D eigenvalue weighted by molar-refractivity contribution is -0.119. The molecule has 0 radical (unpaired) electrons. The van der Waals surface area contributed by atoms with E-state index in [2.05, 4.69) is 10.2 Å². The zero-order valence-corrected chi connectivity index (χ0v) is 11.8. The van der Waals surface area contributed by atoms with Crippen LogP contribution >= 0.6 is 0 Å². The first kappa shape index (κ1) is 14.5. The van der Waals surface area contributed by atoms with E-state index in [4.69, 9.17) is 0 Å². The highest BCUT2D eigenvalue weighted by Gasteiger charge is 2.23. The summed E-state index contributed by atoms with van der Waals surface area (Å²) in [6.07, 6.45) is 0.909. The summed E-state index contributed by atoms with van der Waals surface area (Å²) in [5, 5.41) is 12.8. The average Bonchev–Trinajstić information content (AvgIpc) is 2.78. The first-order valence-electron chi connectivity index (χ1n) is 6.78. The van der Waals surface area contributed by atoms with Gasteiger partial charge in [-0.15, -0.1) is 0 Å². The number of carbonyl (C=O) groups excluding carboxylic acids is 2. The summed E-state index contributed by atoms with van der Waals surface area (Å²) in [6.45, 7) is 5.25. The molecule has 1 aliphatic rings. The molecule has 1 aliphatic heterocycles. The van der Waals surface area contributed by atoms with Crippen LogP contribution in [0.2, 0.25) is 0 Å². The summed E-state index contributed by atoms with van der Waals surface area (Å²) in [6, 6.07) is 5.10. The van der Waals surface area contributed by atoms with E-state index in [-0.39, 0.29) is 23.5 Å². The third kappa shape index (κ3) is 3.57. The van der Waals surface area contributed by atoms with Crippen LogP contribution in [0.3, 0.4) is 0 Å². The van der Waals surface area contributed by atoms with Gasteiger partial charge in [-0.3, -0.25) is 14.5 Å². The number of hydrogen-bond acceptors (Lipinski definition) is 4. The maximum absolute atomic E-state index is 11.4. The number of phenolic OH excluding ortho intramolecular Hbond substituents is 1. The number of nitrogens with one attached hydrogen (secondary N) is 1. The summed E-state index contributed by atoms with van der Waals surface area (Å²) in [7, 11) is 0. The number of benzene rings is 1. The molecule has 5 nitrogen and oxygen atoms in total. The number of amides is 1. The van der Waals surface area contributed by atoms with Gasteiger partial charge in [0.1, 0.15) is 5.75 Å². The standard InChI is InChI=1S/C15H20N2O3/c1-10(18)12-3-4-15(20)13(7-12)8-17-6-5-14(9-17)16-11(2)19/h3-4,7,14,20H,5-6,8-9H2,1-2H3,(H,16,19). The highest BCUT2D eigenvalue weighted by molar-refractivity contribution is 5.94. The molecule has 5 heteroatoms. The molecule has 1 amide bonds. The number of aromatic hydroxyl groups is 1. The first-order chi connectivity index (χ1) is 9.45. The molecule has 1 saturated heterocycles. The predicted octanol–water partition coefficient (Wildman–Crippen LogP) is 1.31. The lowest BCUT2D eigenvalue weighted by Crippen LogP contribution is -2.35. The van der Waals surface area contributed by atoms with Gasteiger partial charge in [0.25, 0.3) is 0 Å². The van der Waals surface area contributed by atoms with Gasteiger partial charge in [-0.25, -0.2) is 0 Å². The number of Topliss-reactive ketones (excluding diaryl/α,β-unsaturated/α-hetero) is 1. The van der Waals surface area contributed by atoms with Crippen molar-refractivity contribution in [3.8, 4) is 5.75 Å². The third-order valence-corrected chi connectivity index (χ3v) is 3.56. The molecule has 1 fully saturated rings. The van der Waals surface area contributed by atoms with E-state index in [0.717, 1.165) is 25.1 Å². The fraction of sp³-hybridized carbons (Fsp3) is 0.467. The summed E-state index contributed by atoms with van der Waals surface area (Å²) in [4.78, 5) is 24.6. The van der Waals surface area contributed by atoms with Crippen molar-refractivity contribution in [2.45, 2.75) is 32.9 Å². The van der Waals surface area contributed by atoms with E-state index in [1.165, 1.54) is 13.8 Å². The number of likely N-dealkylation sites (tertiary alicyclic amines) is 1. The van der Waals surface area contributed by atoms with Crippen molar-refractivity contribution in [3.63, 3.8) is 0 Å². The van der Waals surface area contributed by atoms with E-state index >= 15 is 0 Å².